The Bertz CT molecular complexity index is 749. The van der Waals surface area contributed by atoms with Crippen LogP contribution in [0.4, 0.5) is 11.4 Å². The topological polar surface area (TPSA) is 76.7 Å². The highest BCUT2D eigenvalue weighted by atomic mass is 35.5. The summed E-state index contributed by atoms with van der Waals surface area (Å²) in [5, 5.41) is 5.84. The number of carbonyl (C=O) groups excluding carboxylic acids is 2. The van der Waals surface area contributed by atoms with Gasteiger partial charge in [-0.25, -0.2) is 0 Å². The van der Waals surface area contributed by atoms with E-state index in [1.54, 1.807) is 36.4 Å². The molecule has 7 heteroatoms. The van der Waals surface area contributed by atoms with Crippen LogP contribution < -0.4 is 15.4 Å². The van der Waals surface area contributed by atoms with Crippen molar-refractivity contribution in [2.75, 3.05) is 31.5 Å². The number of methoxy groups -OCH3 is 2. The van der Waals surface area contributed by atoms with Gasteiger partial charge in [0.2, 0.25) is 5.91 Å². The standard InChI is InChI=1S/C17H17ClN2O4/c1-23-10-16(21)19-12-4-3-5-13(9-12)20-17(22)14-8-11(18)6-7-15(14)24-2/h3-9H,10H2,1-2H3,(H,19,21)(H,20,22). The second-order valence-electron chi connectivity index (χ2n) is 4.86. The highest BCUT2D eigenvalue weighted by molar-refractivity contribution is 6.31. The highest BCUT2D eigenvalue weighted by Crippen LogP contribution is 2.24. The maximum Gasteiger partial charge on any atom is 0.259 e. The first-order valence-electron chi connectivity index (χ1n) is 7.07. The first kappa shape index (κ1) is 17.8. The van der Waals surface area contributed by atoms with E-state index in [4.69, 9.17) is 21.1 Å². The average Bonchev–Trinajstić information content (AvgIpc) is 2.55. The Morgan fingerprint density at radius 1 is 1.04 bits per heavy atom. The zero-order valence-corrected chi connectivity index (χ0v) is 14.0. The first-order chi connectivity index (χ1) is 11.5. The minimum Gasteiger partial charge on any atom is -0.496 e. The van der Waals surface area contributed by atoms with Crippen molar-refractivity contribution in [3.8, 4) is 5.75 Å². The number of rotatable bonds is 6. The molecule has 0 aliphatic rings. The van der Waals surface area contributed by atoms with Crippen LogP contribution in [0.3, 0.4) is 0 Å². The molecule has 2 aromatic carbocycles. The molecular weight excluding hydrogens is 332 g/mol. The number of benzene rings is 2. The molecule has 0 heterocycles. The molecule has 6 nitrogen and oxygen atoms in total. The van der Waals surface area contributed by atoms with Gasteiger partial charge in [-0.2, -0.15) is 0 Å². The SMILES string of the molecule is COCC(=O)Nc1cccc(NC(=O)c2cc(Cl)ccc2OC)c1. The summed E-state index contributed by atoms with van der Waals surface area (Å²) in [6.07, 6.45) is 0. The molecule has 2 aromatic rings. The van der Waals surface area contributed by atoms with Crippen molar-refractivity contribution < 1.29 is 19.1 Å². The summed E-state index contributed by atoms with van der Waals surface area (Å²) in [5.41, 5.74) is 1.39. The molecule has 0 saturated carbocycles. The van der Waals surface area contributed by atoms with Crippen molar-refractivity contribution in [2.24, 2.45) is 0 Å². The van der Waals surface area contributed by atoms with E-state index in [1.165, 1.54) is 20.3 Å². The Balaban J connectivity index is 2.15. The Labute approximate surface area is 144 Å². The lowest BCUT2D eigenvalue weighted by molar-refractivity contribution is -0.119. The fourth-order valence-corrected chi connectivity index (χ4v) is 2.23. The van der Waals surface area contributed by atoms with Gasteiger partial charge in [0, 0.05) is 23.5 Å². The van der Waals surface area contributed by atoms with Crippen molar-refractivity contribution in [1.29, 1.82) is 0 Å². The molecule has 24 heavy (non-hydrogen) atoms. The number of carbonyl (C=O) groups is 2. The molecule has 2 rings (SSSR count). The van der Waals surface area contributed by atoms with Crippen molar-refractivity contribution in [3.05, 3.63) is 53.1 Å². The summed E-state index contributed by atoms with van der Waals surface area (Å²) in [5.74, 6) is -0.228. The Kier molecular flexibility index (Phi) is 6.17. The van der Waals surface area contributed by atoms with Gasteiger partial charge in [0.15, 0.2) is 0 Å². The third-order valence-corrected chi connectivity index (χ3v) is 3.32. The van der Waals surface area contributed by atoms with Gasteiger partial charge >= 0.3 is 0 Å². The van der Waals surface area contributed by atoms with E-state index in [0.717, 1.165) is 0 Å². The van der Waals surface area contributed by atoms with Gasteiger partial charge in [-0.1, -0.05) is 17.7 Å². The summed E-state index contributed by atoms with van der Waals surface area (Å²) in [4.78, 5) is 24.0. The van der Waals surface area contributed by atoms with E-state index in [2.05, 4.69) is 10.6 Å². The first-order valence-corrected chi connectivity index (χ1v) is 7.45. The quantitative estimate of drug-likeness (QED) is 0.840. The van der Waals surface area contributed by atoms with Crippen LogP contribution >= 0.6 is 11.6 Å². The van der Waals surface area contributed by atoms with Gasteiger partial charge < -0.3 is 20.1 Å². The van der Waals surface area contributed by atoms with Crippen molar-refractivity contribution in [3.63, 3.8) is 0 Å². The van der Waals surface area contributed by atoms with Crippen LogP contribution in [0.5, 0.6) is 5.75 Å². The zero-order valence-electron chi connectivity index (χ0n) is 13.3. The normalized spacial score (nSPS) is 10.1. The predicted molar refractivity (Wildman–Crippen MR) is 92.9 cm³/mol. The highest BCUT2D eigenvalue weighted by Gasteiger charge is 2.13. The molecule has 0 aliphatic heterocycles. The molecule has 0 fully saturated rings. The van der Waals surface area contributed by atoms with Crippen LogP contribution in [0.2, 0.25) is 5.02 Å². The number of hydrogen-bond donors (Lipinski definition) is 2. The lowest BCUT2D eigenvalue weighted by Crippen LogP contribution is -2.17. The average molecular weight is 349 g/mol. The zero-order chi connectivity index (χ0) is 17.5. The summed E-state index contributed by atoms with van der Waals surface area (Å²) < 4.78 is 9.93. The summed E-state index contributed by atoms with van der Waals surface area (Å²) in [7, 11) is 2.92. The molecule has 0 bridgehead atoms. The number of halogens is 1. The molecule has 126 valence electrons. The van der Waals surface area contributed by atoms with Crippen LogP contribution in [-0.2, 0) is 9.53 Å². The number of anilines is 2. The number of ether oxygens (including phenoxy) is 2. The van der Waals surface area contributed by atoms with E-state index in [1.807, 2.05) is 0 Å². The van der Waals surface area contributed by atoms with Crippen LogP contribution in [0.15, 0.2) is 42.5 Å². The lowest BCUT2D eigenvalue weighted by atomic mass is 10.1. The maximum absolute atomic E-state index is 12.4. The molecule has 0 aliphatic carbocycles. The van der Waals surface area contributed by atoms with Gasteiger partial charge in [-0.3, -0.25) is 9.59 Å². The smallest absolute Gasteiger partial charge is 0.259 e. The van der Waals surface area contributed by atoms with E-state index in [9.17, 15) is 9.59 Å². The monoisotopic (exact) mass is 348 g/mol. The van der Waals surface area contributed by atoms with Gasteiger partial charge in [0.25, 0.3) is 5.91 Å². The molecule has 0 spiro atoms. The van der Waals surface area contributed by atoms with Crippen LogP contribution in [-0.4, -0.2) is 32.6 Å². The predicted octanol–water partition coefficient (Wildman–Crippen LogP) is 3.19. The largest absolute Gasteiger partial charge is 0.496 e. The minimum atomic E-state index is -0.366. The van der Waals surface area contributed by atoms with E-state index in [0.29, 0.717) is 27.7 Å². The fraction of sp³-hybridized carbons (Fsp3) is 0.176. The number of nitrogens with one attached hydrogen (secondary N) is 2. The molecule has 0 unspecified atom stereocenters. The molecule has 0 radical (unpaired) electrons. The second-order valence-corrected chi connectivity index (χ2v) is 5.30. The van der Waals surface area contributed by atoms with Crippen LogP contribution in [0, 0.1) is 0 Å². The van der Waals surface area contributed by atoms with E-state index >= 15 is 0 Å². The van der Waals surface area contributed by atoms with Gasteiger partial charge in [0.1, 0.15) is 12.4 Å². The van der Waals surface area contributed by atoms with Gasteiger partial charge in [-0.05, 0) is 36.4 Å². The molecule has 0 saturated heterocycles. The molecule has 0 aromatic heterocycles. The van der Waals surface area contributed by atoms with E-state index in [-0.39, 0.29) is 18.4 Å². The van der Waals surface area contributed by atoms with Crippen LogP contribution in [0.25, 0.3) is 0 Å². The number of amides is 2. The lowest BCUT2D eigenvalue weighted by Gasteiger charge is -2.11. The van der Waals surface area contributed by atoms with Crippen molar-refractivity contribution in [2.45, 2.75) is 0 Å². The van der Waals surface area contributed by atoms with Crippen molar-refractivity contribution in [1.82, 2.24) is 0 Å². The fourth-order valence-electron chi connectivity index (χ4n) is 2.06. The maximum atomic E-state index is 12.4. The van der Waals surface area contributed by atoms with Crippen molar-refractivity contribution >= 4 is 34.8 Å². The Morgan fingerprint density at radius 3 is 2.42 bits per heavy atom. The summed E-state index contributed by atoms with van der Waals surface area (Å²) >= 11 is 5.94. The van der Waals surface area contributed by atoms with Gasteiger partial charge in [0.05, 0.1) is 12.7 Å². The minimum absolute atomic E-state index is 0.0453. The van der Waals surface area contributed by atoms with E-state index < -0.39 is 0 Å². The Morgan fingerprint density at radius 2 is 1.75 bits per heavy atom. The molecule has 2 N–H and O–H groups in total. The van der Waals surface area contributed by atoms with Crippen LogP contribution in [0.1, 0.15) is 10.4 Å². The molecular formula is C17H17ClN2O4. The summed E-state index contributed by atoms with van der Waals surface area (Å²) in [6, 6.07) is 11.6. The second kappa shape index (κ2) is 8.33. The summed E-state index contributed by atoms with van der Waals surface area (Å²) in [6.45, 7) is -0.0453. The molecule has 2 amide bonds. The number of hydrogen-bond acceptors (Lipinski definition) is 4. The Hall–Kier alpha value is -2.57. The van der Waals surface area contributed by atoms with Gasteiger partial charge in [-0.15, -0.1) is 0 Å². The third-order valence-electron chi connectivity index (χ3n) is 3.09. The molecule has 0 atom stereocenters. The third kappa shape index (κ3) is 4.71.